The van der Waals surface area contributed by atoms with Gasteiger partial charge in [-0.25, -0.2) is 4.57 Å². The van der Waals surface area contributed by atoms with Crippen molar-refractivity contribution >= 4 is 61.5 Å². The molecule has 0 saturated heterocycles. The van der Waals surface area contributed by atoms with Crippen molar-refractivity contribution in [1.82, 2.24) is 4.40 Å². The Morgan fingerprint density at radius 3 is 2.41 bits per heavy atom. The van der Waals surface area contributed by atoms with Crippen LogP contribution in [0.25, 0.3) is 49.5 Å². The van der Waals surface area contributed by atoms with Gasteiger partial charge in [0.2, 0.25) is 0 Å². The zero-order chi connectivity index (χ0) is 24.4. The second-order valence-corrected chi connectivity index (χ2v) is 10.4. The van der Waals surface area contributed by atoms with Crippen molar-refractivity contribution in [2.75, 3.05) is 0 Å². The van der Waals surface area contributed by atoms with Gasteiger partial charge < -0.3 is 4.74 Å². The molecule has 0 amide bonds. The molecule has 3 nitrogen and oxygen atoms in total. The van der Waals surface area contributed by atoms with Crippen LogP contribution >= 0.6 is 0 Å². The van der Waals surface area contributed by atoms with Crippen molar-refractivity contribution in [3.63, 3.8) is 0 Å². The SMILES string of the molecule is Cc1cc2c(c3c4ccccc4n4c5ccccc5[n+](C)c4c13)-c1cccc3c1B2c1ccccc1O3. The molecule has 5 aromatic carbocycles. The highest BCUT2D eigenvalue weighted by Crippen LogP contribution is 2.42. The molecule has 0 bridgehead atoms. The normalized spacial score (nSPS) is 13.3. The van der Waals surface area contributed by atoms with E-state index in [2.05, 4.69) is 120 Å². The van der Waals surface area contributed by atoms with E-state index >= 15 is 0 Å². The van der Waals surface area contributed by atoms with E-state index < -0.39 is 0 Å². The van der Waals surface area contributed by atoms with E-state index in [-0.39, 0.29) is 6.71 Å². The Morgan fingerprint density at radius 2 is 1.49 bits per heavy atom. The molecule has 9 rings (SSSR count). The van der Waals surface area contributed by atoms with Gasteiger partial charge in [-0.2, -0.15) is 4.40 Å². The maximum Gasteiger partial charge on any atom is 0.295 e. The molecule has 0 N–H and O–H groups in total. The van der Waals surface area contributed by atoms with Gasteiger partial charge in [0.15, 0.2) is 11.0 Å². The Kier molecular flexibility index (Phi) is 3.50. The van der Waals surface area contributed by atoms with E-state index in [1.54, 1.807) is 0 Å². The van der Waals surface area contributed by atoms with Crippen LogP contribution in [-0.4, -0.2) is 11.1 Å². The number of hydrogen-bond acceptors (Lipinski definition) is 1. The highest BCUT2D eigenvalue weighted by Gasteiger charge is 2.42. The van der Waals surface area contributed by atoms with Gasteiger partial charge in [-0.15, -0.1) is 0 Å². The number of pyridine rings is 1. The number of benzene rings is 5. The van der Waals surface area contributed by atoms with Gasteiger partial charge in [-0.1, -0.05) is 72.2 Å². The topological polar surface area (TPSA) is 17.5 Å². The zero-order valence-electron chi connectivity index (χ0n) is 20.6. The number of para-hydroxylation sites is 4. The summed E-state index contributed by atoms with van der Waals surface area (Å²) in [4.78, 5) is 0. The highest BCUT2D eigenvalue weighted by molar-refractivity contribution is 7.00. The predicted octanol–water partition coefficient (Wildman–Crippen LogP) is 5.13. The van der Waals surface area contributed by atoms with E-state index in [0.717, 1.165) is 11.5 Å². The minimum atomic E-state index is 0.184. The molecule has 0 fully saturated rings. The summed E-state index contributed by atoms with van der Waals surface area (Å²) < 4.78 is 11.3. The summed E-state index contributed by atoms with van der Waals surface area (Å²) in [5, 5.41) is 3.95. The van der Waals surface area contributed by atoms with Crippen molar-refractivity contribution in [3.8, 4) is 22.6 Å². The Morgan fingerprint density at radius 1 is 0.730 bits per heavy atom. The Bertz CT molecular complexity index is 2160. The number of nitrogens with zero attached hydrogens (tertiary/aromatic N) is 2. The fraction of sp³-hybridized carbons (Fsp3) is 0.0606. The van der Waals surface area contributed by atoms with Gasteiger partial charge in [0, 0.05) is 10.8 Å². The Hall–Kier alpha value is -4.57. The molecule has 0 saturated carbocycles. The minimum absolute atomic E-state index is 0.184. The summed E-state index contributed by atoms with van der Waals surface area (Å²) in [6, 6.07) is 35.2. The minimum Gasteiger partial charge on any atom is -0.458 e. The largest absolute Gasteiger partial charge is 0.458 e. The molecule has 2 aliphatic rings. The van der Waals surface area contributed by atoms with Crippen LogP contribution in [0.5, 0.6) is 11.5 Å². The number of aryl methyl sites for hydroxylation is 2. The molecule has 4 heterocycles. The lowest BCUT2D eigenvalue weighted by atomic mass is 9.38. The molecule has 0 unspecified atom stereocenters. The van der Waals surface area contributed by atoms with Gasteiger partial charge in [0.05, 0.1) is 12.4 Å². The molecule has 0 aliphatic carbocycles. The molecular weight excluding hydrogens is 451 g/mol. The molecule has 0 radical (unpaired) electrons. The fourth-order valence-corrected chi connectivity index (χ4v) is 7.20. The summed E-state index contributed by atoms with van der Waals surface area (Å²) in [6.45, 7) is 2.47. The molecule has 0 atom stereocenters. The van der Waals surface area contributed by atoms with Gasteiger partial charge >= 0.3 is 0 Å². The van der Waals surface area contributed by atoms with Gasteiger partial charge in [-0.05, 0) is 64.9 Å². The number of fused-ring (bicyclic) bond motifs is 14. The number of imidazole rings is 1. The molecule has 37 heavy (non-hydrogen) atoms. The molecule has 4 heteroatoms. The molecule has 2 aliphatic heterocycles. The average Bonchev–Trinajstić information content (AvgIpc) is 3.42. The van der Waals surface area contributed by atoms with Crippen LogP contribution in [0.15, 0.2) is 97.1 Å². The van der Waals surface area contributed by atoms with Crippen molar-refractivity contribution < 1.29 is 9.30 Å². The Labute approximate surface area is 214 Å². The lowest BCUT2D eigenvalue weighted by Gasteiger charge is -2.24. The fourth-order valence-electron chi connectivity index (χ4n) is 7.20. The molecule has 0 spiro atoms. The van der Waals surface area contributed by atoms with E-state index in [4.69, 9.17) is 4.74 Å². The summed E-state index contributed by atoms with van der Waals surface area (Å²) in [7, 11) is 2.20. The zero-order valence-corrected chi connectivity index (χ0v) is 20.6. The lowest BCUT2D eigenvalue weighted by molar-refractivity contribution is -0.617. The van der Waals surface area contributed by atoms with Crippen LogP contribution in [0, 0.1) is 6.92 Å². The smallest absolute Gasteiger partial charge is 0.295 e. The first-order chi connectivity index (χ1) is 18.2. The van der Waals surface area contributed by atoms with Crippen LogP contribution in [0.1, 0.15) is 5.56 Å². The highest BCUT2D eigenvalue weighted by atomic mass is 16.5. The van der Waals surface area contributed by atoms with Crippen LogP contribution in [0.4, 0.5) is 0 Å². The number of aromatic nitrogens is 2. The van der Waals surface area contributed by atoms with Crippen LogP contribution in [0.3, 0.4) is 0 Å². The average molecular weight is 473 g/mol. The van der Waals surface area contributed by atoms with E-state index in [1.165, 1.54) is 71.4 Å². The maximum atomic E-state index is 6.45. The van der Waals surface area contributed by atoms with Crippen LogP contribution < -0.4 is 25.7 Å². The first kappa shape index (κ1) is 19.6. The van der Waals surface area contributed by atoms with Crippen molar-refractivity contribution in [2.24, 2.45) is 7.05 Å². The summed E-state index contributed by atoms with van der Waals surface area (Å²) >= 11 is 0. The predicted molar refractivity (Wildman–Crippen MR) is 152 cm³/mol. The van der Waals surface area contributed by atoms with Crippen LogP contribution in [-0.2, 0) is 7.05 Å². The number of rotatable bonds is 0. The molecular formula is C33H22BN2O+. The van der Waals surface area contributed by atoms with E-state index in [0.29, 0.717) is 0 Å². The Balaban J connectivity index is 1.57. The monoisotopic (exact) mass is 473 g/mol. The maximum absolute atomic E-state index is 6.45. The van der Waals surface area contributed by atoms with Gasteiger partial charge in [-0.3, -0.25) is 0 Å². The lowest BCUT2D eigenvalue weighted by Crippen LogP contribution is -2.52. The summed E-state index contributed by atoms with van der Waals surface area (Å²) in [6.07, 6.45) is 0. The van der Waals surface area contributed by atoms with Crippen molar-refractivity contribution in [1.29, 1.82) is 0 Å². The second-order valence-electron chi connectivity index (χ2n) is 10.4. The molecule has 172 valence electrons. The first-order valence-corrected chi connectivity index (χ1v) is 12.9. The first-order valence-electron chi connectivity index (χ1n) is 12.9. The molecule has 7 aromatic rings. The standard InChI is InChI=1S/C33H22BN2O/c1-19-18-23-30(21-11-9-17-28-32(21)34(23)22-12-4-8-16-27(22)37-28)31-20-10-3-5-13-24(20)36-26-15-7-6-14-25(26)35(2)33(36)29(19)31/h3-18H,1-2H3/q+1. The second kappa shape index (κ2) is 6.60. The summed E-state index contributed by atoms with van der Waals surface area (Å²) in [5.41, 5.74) is 12.8. The van der Waals surface area contributed by atoms with Gasteiger partial charge in [0.25, 0.3) is 12.4 Å². The summed E-state index contributed by atoms with van der Waals surface area (Å²) in [5.74, 6) is 1.94. The number of hydrogen-bond donors (Lipinski definition) is 0. The van der Waals surface area contributed by atoms with E-state index in [9.17, 15) is 0 Å². The molecule has 2 aromatic heterocycles. The van der Waals surface area contributed by atoms with Crippen LogP contribution in [0.2, 0.25) is 0 Å². The van der Waals surface area contributed by atoms with Crippen molar-refractivity contribution in [2.45, 2.75) is 6.92 Å². The van der Waals surface area contributed by atoms with E-state index in [1.807, 2.05) is 0 Å². The quantitative estimate of drug-likeness (QED) is 0.170. The third kappa shape index (κ3) is 2.23. The third-order valence-corrected chi connectivity index (χ3v) is 8.59. The van der Waals surface area contributed by atoms with Crippen molar-refractivity contribution in [3.05, 3.63) is 103 Å². The third-order valence-electron chi connectivity index (χ3n) is 8.59. The number of ether oxygens (including phenoxy) is 1. The van der Waals surface area contributed by atoms with Gasteiger partial charge in [0.1, 0.15) is 17.0 Å².